The molecule has 2 rings (SSSR count). The molecule has 1 saturated carbocycles. The van der Waals surface area contributed by atoms with Crippen LogP contribution in [0.3, 0.4) is 0 Å². The van der Waals surface area contributed by atoms with Crippen LogP contribution < -0.4 is 10.6 Å². The number of hydrogen-bond donors (Lipinski definition) is 1. The molecule has 0 aromatic carbocycles. The van der Waals surface area contributed by atoms with Crippen molar-refractivity contribution in [2.75, 3.05) is 11.4 Å². The first kappa shape index (κ1) is 12.4. The molecule has 17 heavy (non-hydrogen) atoms. The maximum Gasteiger partial charge on any atom is 0.0569 e. The molecule has 0 aliphatic heterocycles. The average Bonchev–Trinajstić information content (AvgIpc) is 3.14. The van der Waals surface area contributed by atoms with Gasteiger partial charge >= 0.3 is 0 Å². The third kappa shape index (κ3) is 3.19. The van der Waals surface area contributed by atoms with E-state index in [1.165, 1.54) is 31.4 Å². The summed E-state index contributed by atoms with van der Waals surface area (Å²) < 4.78 is 0. The van der Waals surface area contributed by atoms with Crippen LogP contribution in [0, 0.1) is 0 Å². The van der Waals surface area contributed by atoms with Gasteiger partial charge in [-0.2, -0.15) is 0 Å². The highest BCUT2D eigenvalue weighted by atomic mass is 15.2. The van der Waals surface area contributed by atoms with Crippen molar-refractivity contribution in [1.29, 1.82) is 0 Å². The second-order valence-electron chi connectivity index (χ2n) is 5.01. The maximum absolute atomic E-state index is 5.82. The largest absolute Gasteiger partial charge is 0.367 e. The smallest absolute Gasteiger partial charge is 0.0569 e. The topological polar surface area (TPSA) is 42.1 Å². The molecule has 1 heterocycles. The standard InChI is InChI=1S/C14H23N3/c1-3-4-9-17(12-5-6-12)13-7-8-14(11(2)15)16-10-13/h7-8,10-12H,3-6,9,15H2,1-2H3/t11-/m0/s1. The van der Waals surface area contributed by atoms with Crippen LogP contribution in [0.5, 0.6) is 0 Å². The minimum Gasteiger partial charge on any atom is -0.367 e. The van der Waals surface area contributed by atoms with Gasteiger partial charge in [-0.1, -0.05) is 13.3 Å². The van der Waals surface area contributed by atoms with Gasteiger partial charge in [-0.25, -0.2) is 0 Å². The fraction of sp³-hybridized carbons (Fsp3) is 0.643. The van der Waals surface area contributed by atoms with Gasteiger partial charge in [0.15, 0.2) is 0 Å². The zero-order chi connectivity index (χ0) is 12.3. The summed E-state index contributed by atoms with van der Waals surface area (Å²) in [6.45, 7) is 5.36. The molecule has 1 aliphatic rings. The Morgan fingerprint density at radius 1 is 1.47 bits per heavy atom. The molecule has 1 atom stereocenters. The van der Waals surface area contributed by atoms with Crippen molar-refractivity contribution in [2.45, 2.75) is 51.6 Å². The molecule has 1 aromatic rings. The lowest BCUT2D eigenvalue weighted by molar-refractivity contribution is 0.709. The molecular weight excluding hydrogens is 210 g/mol. The van der Waals surface area contributed by atoms with Gasteiger partial charge < -0.3 is 10.6 Å². The van der Waals surface area contributed by atoms with E-state index in [0.717, 1.165) is 18.3 Å². The molecule has 0 bridgehead atoms. The predicted molar refractivity (Wildman–Crippen MR) is 72.1 cm³/mol. The summed E-state index contributed by atoms with van der Waals surface area (Å²) >= 11 is 0. The zero-order valence-corrected chi connectivity index (χ0v) is 10.9. The SMILES string of the molecule is CCCCN(c1ccc([C@H](C)N)nc1)C1CC1. The van der Waals surface area contributed by atoms with Crippen LogP contribution in [0.25, 0.3) is 0 Å². The lowest BCUT2D eigenvalue weighted by Crippen LogP contribution is -2.27. The Morgan fingerprint density at radius 3 is 2.71 bits per heavy atom. The Bertz CT molecular complexity index is 341. The van der Waals surface area contributed by atoms with E-state index in [9.17, 15) is 0 Å². The maximum atomic E-state index is 5.82. The predicted octanol–water partition coefficient (Wildman–Crippen LogP) is 2.87. The summed E-state index contributed by atoms with van der Waals surface area (Å²) in [5.41, 5.74) is 8.04. The lowest BCUT2D eigenvalue weighted by Gasteiger charge is -2.24. The molecular formula is C14H23N3. The molecule has 0 amide bonds. The highest BCUT2D eigenvalue weighted by molar-refractivity contribution is 5.47. The van der Waals surface area contributed by atoms with E-state index in [0.29, 0.717) is 0 Å². The first-order chi connectivity index (χ1) is 8.22. The minimum atomic E-state index is 0.0223. The van der Waals surface area contributed by atoms with Gasteiger partial charge in [0.1, 0.15) is 0 Å². The Labute approximate surface area is 104 Å². The fourth-order valence-corrected chi connectivity index (χ4v) is 2.07. The Morgan fingerprint density at radius 2 is 2.24 bits per heavy atom. The van der Waals surface area contributed by atoms with Crippen molar-refractivity contribution >= 4 is 5.69 Å². The molecule has 94 valence electrons. The summed E-state index contributed by atoms with van der Waals surface area (Å²) in [7, 11) is 0. The van der Waals surface area contributed by atoms with Crippen molar-refractivity contribution < 1.29 is 0 Å². The Hall–Kier alpha value is -1.09. The van der Waals surface area contributed by atoms with E-state index in [4.69, 9.17) is 5.73 Å². The summed E-state index contributed by atoms with van der Waals surface area (Å²) in [6.07, 6.45) is 7.14. The molecule has 1 aromatic heterocycles. The van der Waals surface area contributed by atoms with Crippen molar-refractivity contribution in [1.82, 2.24) is 4.98 Å². The van der Waals surface area contributed by atoms with E-state index in [1.807, 2.05) is 13.1 Å². The van der Waals surface area contributed by atoms with E-state index in [1.54, 1.807) is 0 Å². The van der Waals surface area contributed by atoms with E-state index in [2.05, 4.69) is 28.9 Å². The number of hydrogen-bond acceptors (Lipinski definition) is 3. The molecule has 0 unspecified atom stereocenters. The zero-order valence-electron chi connectivity index (χ0n) is 10.9. The summed E-state index contributed by atoms with van der Waals surface area (Å²) in [5, 5.41) is 0. The Kier molecular flexibility index (Phi) is 4.00. The number of nitrogens with zero attached hydrogens (tertiary/aromatic N) is 2. The first-order valence-corrected chi connectivity index (χ1v) is 6.70. The minimum absolute atomic E-state index is 0.0223. The summed E-state index contributed by atoms with van der Waals surface area (Å²) in [4.78, 5) is 6.95. The molecule has 1 aliphatic carbocycles. The van der Waals surface area contributed by atoms with Crippen molar-refractivity contribution in [3.05, 3.63) is 24.0 Å². The third-order valence-electron chi connectivity index (χ3n) is 3.31. The number of pyridine rings is 1. The van der Waals surface area contributed by atoms with E-state index >= 15 is 0 Å². The van der Waals surface area contributed by atoms with Crippen LogP contribution in [0.1, 0.15) is 51.3 Å². The molecule has 2 N–H and O–H groups in total. The van der Waals surface area contributed by atoms with Gasteiger partial charge in [0.2, 0.25) is 0 Å². The summed E-state index contributed by atoms with van der Waals surface area (Å²) in [5.74, 6) is 0. The highest BCUT2D eigenvalue weighted by Crippen LogP contribution is 2.31. The molecule has 0 radical (unpaired) electrons. The average molecular weight is 233 g/mol. The van der Waals surface area contributed by atoms with E-state index in [-0.39, 0.29) is 6.04 Å². The summed E-state index contributed by atoms with van der Waals surface area (Å²) in [6, 6.07) is 5.00. The van der Waals surface area contributed by atoms with Crippen molar-refractivity contribution in [2.24, 2.45) is 5.73 Å². The van der Waals surface area contributed by atoms with Gasteiger partial charge in [0.05, 0.1) is 17.6 Å². The Balaban J connectivity index is 2.07. The quantitative estimate of drug-likeness (QED) is 0.821. The van der Waals surface area contributed by atoms with E-state index < -0.39 is 0 Å². The number of aromatic nitrogens is 1. The van der Waals surface area contributed by atoms with Crippen LogP contribution in [0.15, 0.2) is 18.3 Å². The van der Waals surface area contributed by atoms with Crippen LogP contribution in [-0.4, -0.2) is 17.6 Å². The van der Waals surface area contributed by atoms with Crippen molar-refractivity contribution in [3.8, 4) is 0 Å². The molecule has 3 nitrogen and oxygen atoms in total. The first-order valence-electron chi connectivity index (χ1n) is 6.70. The van der Waals surface area contributed by atoms with Gasteiger partial charge in [0, 0.05) is 18.6 Å². The monoisotopic (exact) mass is 233 g/mol. The highest BCUT2D eigenvalue weighted by Gasteiger charge is 2.28. The van der Waals surface area contributed by atoms with Crippen LogP contribution in [0.4, 0.5) is 5.69 Å². The van der Waals surface area contributed by atoms with Crippen LogP contribution in [-0.2, 0) is 0 Å². The molecule has 1 fully saturated rings. The second kappa shape index (κ2) is 5.50. The van der Waals surface area contributed by atoms with Gasteiger partial charge in [-0.15, -0.1) is 0 Å². The van der Waals surface area contributed by atoms with Gasteiger partial charge in [-0.3, -0.25) is 4.98 Å². The normalized spacial score (nSPS) is 16.9. The van der Waals surface area contributed by atoms with Crippen LogP contribution in [0.2, 0.25) is 0 Å². The number of anilines is 1. The van der Waals surface area contributed by atoms with Crippen LogP contribution >= 0.6 is 0 Å². The molecule has 0 saturated heterocycles. The number of unbranched alkanes of at least 4 members (excludes halogenated alkanes) is 1. The number of nitrogens with two attached hydrogens (primary N) is 1. The molecule has 3 heteroatoms. The number of rotatable bonds is 6. The lowest BCUT2D eigenvalue weighted by atomic mass is 10.2. The van der Waals surface area contributed by atoms with Gasteiger partial charge in [0.25, 0.3) is 0 Å². The van der Waals surface area contributed by atoms with Gasteiger partial charge in [-0.05, 0) is 38.3 Å². The van der Waals surface area contributed by atoms with Crippen molar-refractivity contribution in [3.63, 3.8) is 0 Å². The fourth-order valence-electron chi connectivity index (χ4n) is 2.07. The molecule has 0 spiro atoms. The second-order valence-corrected chi connectivity index (χ2v) is 5.01. The third-order valence-corrected chi connectivity index (χ3v) is 3.31.